The van der Waals surface area contributed by atoms with E-state index in [9.17, 15) is 4.79 Å². The van der Waals surface area contributed by atoms with Gasteiger partial charge in [-0.15, -0.1) is 0 Å². The lowest BCUT2D eigenvalue weighted by atomic mass is 10.1. The number of hydrogen-bond donors (Lipinski definition) is 1. The highest BCUT2D eigenvalue weighted by Gasteiger charge is 2.18. The summed E-state index contributed by atoms with van der Waals surface area (Å²) in [6.07, 6.45) is 1.72. The molecule has 0 bridgehead atoms. The average molecular weight is 334 g/mol. The smallest absolute Gasteiger partial charge is 0.276 e. The maximum atomic E-state index is 12.7. The van der Waals surface area contributed by atoms with E-state index in [0.717, 1.165) is 22.5 Å². The van der Waals surface area contributed by atoms with E-state index in [1.807, 2.05) is 56.3 Å². The van der Waals surface area contributed by atoms with Gasteiger partial charge in [-0.3, -0.25) is 4.79 Å². The van der Waals surface area contributed by atoms with E-state index in [0.29, 0.717) is 11.5 Å². The Hall–Kier alpha value is -2.95. The van der Waals surface area contributed by atoms with E-state index in [-0.39, 0.29) is 11.8 Å². The summed E-state index contributed by atoms with van der Waals surface area (Å²) in [6.45, 7) is 8.12. The molecule has 0 spiro atoms. The van der Waals surface area contributed by atoms with Crippen LogP contribution in [0.1, 0.15) is 47.1 Å². The lowest BCUT2D eigenvalue weighted by Crippen LogP contribution is -2.14. The molecule has 5 heteroatoms. The van der Waals surface area contributed by atoms with Crippen molar-refractivity contribution in [1.82, 2.24) is 14.8 Å². The molecule has 1 N–H and O–H groups in total. The van der Waals surface area contributed by atoms with E-state index in [2.05, 4.69) is 29.2 Å². The molecule has 1 aromatic carbocycles. The van der Waals surface area contributed by atoms with Crippen LogP contribution in [0.5, 0.6) is 0 Å². The van der Waals surface area contributed by atoms with Crippen molar-refractivity contribution in [3.05, 3.63) is 71.2 Å². The lowest BCUT2D eigenvalue weighted by Gasteiger charge is -2.08. The second-order valence-corrected chi connectivity index (χ2v) is 6.48. The predicted molar refractivity (Wildman–Crippen MR) is 99.3 cm³/mol. The Morgan fingerprint density at radius 2 is 1.92 bits per heavy atom. The molecule has 1 amide bonds. The van der Waals surface area contributed by atoms with Crippen LogP contribution in [0.3, 0.4) is 0 Å². The molecule has 0 aliphatic rings. The summed E-state index contributed by atoms with van der Waals surface area (Å²) in [5, 5.41) is 7.46. The standard InChI is InChI=1S/C20H22N4O/c1-13(2)18-12-17(23-24(18)19-7-5-6-10-21-19)20(25)22-16-11-14(3)8-9-15(16)4/h5-13H,1-4H3,(H,22,25). The molecule has 2 aromatic heterocycles. The zero-order valence-corrected chi connectivity index (χ0v) is 14.9. The predicted octanol–water partition coefficient (Wildman–Crippen LogP) is 4.26. The summed E-state index contributed by atoms with van der Waals surface area (Å²) in [5.41, 5.74) is 4.26. The van der Waals surface area contributed by atoms with Crippen LogP contribution in [0.4, 0.5) is 5.69 Å². The molecule has 0 unspecified atom stereocenters. The zero-order chi connectivity index (χ0) is 18.0. The van der Waals surface area contributed by atoms with E-state index in [1.54, 1.807) is 10.9 Å². The SMILES string of the molecule is Cc1ccc(C)c(NC(=O)c2cc(C(C)C)n(-c3ccccn3)n2)c1. The van der Waals surface area contributed by atoms with E-state index < -0.39 is 0 Å². The fraction of sp³-hybridized carbons (Fsp3) is 0.250. The number of anilines is 1. The molecule has 0 radical (unpaired) electrons. The highest BCUT2D eigenvalue weighted by Crippen LogP contribution is 2.21. The molecule has 128 valence electrons. The van der Waals surface area contributed by atoms with Crippen LogP contribution in [0, 0.1) is 13.8 Å². The molecule has 2 heterocycles. The number of aryl methyl sites for hydroxylation is 2. The fourth-order valence-electron chi connectivity index (χ4n) is 2.64. The Labute approximate surface area is 147 Å². The number of hydrogen-bond acceptors (Lipinski definition) is 3. The van der Waals surface area contributed by atoms with Crippen LogP contribution in [-0.4, -0.2) is 20.7 Å². The summed E-state index contributed by atoms with van der Waals surface area (Å²) in [7, 11) is 0. The maximum absolute atomic E-state index is 12.7. The van der Waals surface area contributed by atoms with Gasteiger partial charge in [0, 0.05) is 17.6 Å². The minimum atomic E-state index is -0.217. The number of amides is 1. The number of benzene rings is 1. The largest absolute Gasteiger partial charge is 0.320 e. The minimum absolute atomic E-state index is 0.217. The summed E-state index contributed by atoms with van der Waals surface area (Å²) in [6, 6.07) is 13.5. The van der Waals surface area contributed by atoms with Crippen molar-refractivity contribution in [3.8, 4) is 5.82 Å². The molecular formula is C20H22N4O. The Morgan fingerprint density at radius 1 is 1.12 bits per heavy atom. The number of rotatable bonds is 4. The Kier molecular flexibility index (Phi) is 4.65. The molecule has 3 rings (SSSR count). The molecule has 0 fully saturated rings. The van der Waals surface area contributed by atoms with Crippen LogP contribution in [-0.2, 0) is 0 Å². The topological polar surface area (TPSA) is 59.8 Å². The van der Waals surface area contributed by atoms with E-state index in [1.165, 1.54) is 0 Å². The Bertz CT molecular complexity index is 897. The third-order valence-corrected chi connectivity index (χ3v) is 4.07. The first-order valence-electron chi connectivity index (χ1n) is 8.35. The van der Waals surface area contributed by atoms with E-state index >= 15 is 0 Å². The first-order valence-corrected chi connectivity index (χ1v) is 8.35. The summed E-state index contributed by atoms with van der Waals surface area (Å²) in [5.74, 6) is 0.707. The molecule has 0 saturated carbocycles. The van der Waals surface area contributed by atoms with Crippen molar-refractivity contribution in [2.75, 3.05) is 5.32 Å². The van der Waals surface area contributed by atoms with Crippen LogP contribution in [0.25, 0.3) is 5.82 Å². The fourth-order valence-corrected chi connectivity index (χ4v) is 2.64. The van der Waals surface area contributed by atoms with Gasteiger partial charge in [0.05, 0.1) is 0 Å². The van der Waals surface area contributed by atoms with Gasteiger partial charge in [0.25, 0.3) is 5.91 Å². The molecule has 0 aliphatic carbocycles. The quantitative estimate of drug-likeness (QED) is 0.775. The number of pyridine rings is 1. The maximum Gasteiger partial charge on any atom is 0.276 e. The van der Waals surface area contributed by atoms with Crippen molar-refractivity contribution in [2.45, 2.75) is 33.6 Å². The molecular weight excluding hydrogens is 312 g/mol. The second-order valence-electron chi connectivity index (χ2n) is 6.48. The molecule has 0 saturated heterocycles. The van der Waals surface area contributed by atoms with Crippen LogP contribution in [0.15, 0.2) is 48.7 Å². The van der Waals surface area contributed by atoms with E-state index in [4.69, 9.17) is 0 Å². The van der Waals surface area contributed by atoms with Crippen LogP contribution >= 0.6 is 0 Å². The van der Waals surface area contributed by atoms with Crippen molar-refractivity contribution >= 4 is 11.6 Å². The monoisotopic (exact) mass is 334 g/mol. The zero-order valence-electron chi connectivity index (χ0n) is 14.9. The van der Waals surface area contributed by atoms with Gasteiger partial charge in [-0.05, 0) is 55.2 Å². The number of aromatic nitrogens is 3. The van der Waals surface area contributed by atoms with Crippen molar-refractivity contribution in [2.24, 2.45) is 0 Å². The molecule has 0 aliphatic heterocycles. The van der Waals surface area contributed by atoms with Crippen molar-refractivity contribution in [3.63, 3.8) is 0 Å². The number of carbonyl (C=O) groups excluding carboxylic acids is 1. The lowest BCUT2D eigenvalue weighted by molar-refractivity contribution is 0.102. The average Bonchev–Trinajstić information content (AvgIpc) is 3.05. The normalized spacial score (nSPS) is 10.9. The first-order chi connectivity index (χ1) is 12.0. The van der Waals surface area contributed by atoms with Gasteiger partial charge in [0.2, 0.25) is 0 Å². The van der Waals surface area contributed by atoms with Gasteiger partial charge in [0.1, 0.15) is 0 Å². The van der Waals surface area contributed by atoms with Gasteiger partial charge in [0.15, 0.2) is 11.5 Å². The summed E-state index contributed by atoms with van der Waals surface area (Å²) < 4.78 is 1.74. The van der Waals surface area contributed by atoms with Gasteiger partial charge in [-0.2, -0.15) is 5.10 Å². The molecule has 0 atom stereocenters. The second kappa shape index (κ2) is 6.89. The molecule has 3 aromatic rings. The third-order valence-electron chi connectivity index (χ3n) is 4.07. The summed E-state index contributed by atoms with van der Waals surface area (Å²) >= 11 is 0. The van der Waals surface area contributed by atoms with Gasteiger partial charge in [-0.25, -0.2) is 9.67 Å². The minimum Gasteiger partial charge on any atom is -0.320 e. The van der Waals surface area contributed by atoms with Crippen molar-refractivity contribution in [1.29, 1.82) is 0 Å². The number of nitrogens with zero attached hydrogens (tertiary/aromatic N) is 3. The van der Waals surface area contributed by atoms with Gasteiger partial charge >= 0.3 is 0 Å². The number of nitrogens with one attached hydrogen (secondary N) is 1. The van der Waals surface area contributed by atoms with Crippen LogP contribution < -0.4 is 5.32 Å². The Morgan fingerprint density at radius 3 is 2.60 bits per heavy atom. The summed E-state index contributed by atoms with van der Waals surface area (Å²) in [4.78, 5) is 17.0. The van der Waals surface area contributed by atoms with Gasteiger partial charge in [-0.1, -0.05) is 32.0 Å². The van der Waals surface area contributed by atoms with Crippen LogP contribution in [0.2, 0.25) is 0 Å². The first kappa shape index (κ1) is 16.9. The highest BCUT2D eigenvalue weighted by atomic mass is 16.2. The Balaban J connectivity index is 1.95. The highest BCUT2D eigenvalue weighted by molar-refractivity contribution is 6.03. The molecule has 5 nitrogen and oxygen atoms in total. The third kappa shape index (κ3) is 3.60. The van der Waals surface area contributed by atoms with Crippen molar-refractivity contribution < 1.29 is 4.79 Å². The molecule has 25 heavy (non-hydrogen) atoms. The number of carbonyl (C=O) groups is 1. The van der Waals surface area contributed by atoms with Gasteiger partial charge < -0.3 is 5.32 Å².